The lowest BCUT2D eigenvalue weighted by Crippen LogP contribution is -2.59. The lowest BCUT2D eigenvalue weighted by Gasteiger charge is -2.38. The van der Waals surface area contributed by atoms with Gasteiger partial charge in [0, 0.05) is 31.6 Å². The summed E-state index contributed by atoms with van der Waals surface area (Å²) < 4.78 is 0. The standard InChI is InChI=1S/C16H27N3O2/c1-10(2)15-16(21)17-5-6-19(15)14(20)9-11-7-12-3-4-13(8-11)18-12/h10-13,15,18H,3-9H2,1-2H3,(H,17,21)/t11?,12-,13+,15-/m0/s1. The molecule has 3 aliphatic rings. The van der Waals surface area contributed by atoms with Crippen LogP contribution in [0, 0.1) is 11.8 Å². The van der Waals surface area contributed by atoms with Gasteiger partial charge in [-0.1, -0.05) is 13.8 Å². The van der Waals surface area contributed by atoms with Gasteiger partial charge in [0.1, 0.15) is 6.04 Å². The molecule has 0 aliphatic carbocycles. The first-order valence-corrected chi connectivity index (χ1v) is 8.38. The van der Waals surface area contributed by atoms with E-state index in [0.717, 1.165) is 12.8 Å². The zero-order valence-corrected chi connectivity index (χ0v) is 13.1. The number of nitrogens with one attached hydrogen (secondary N) is 2. The summed E-state index contributed by atoms with van der Waals surface area (Å²) in [4.78, 5) is 26.6. The summed E-state index contributed by atoms with van der Waals surface area (Å²) >= 11 is 0. The largest absolute Gasteiger partial charge is 0.353 e. The second-order valence-electron chi connectivity index (χ2n) is 7.25. The number of hydrogen-bond donors (Lipinski definition) is 2. The van der Waals surface area contributed by atoms with Crippen molar-refractivity contribution >= 4 is 11.8 Å². The minimum atomic E-state index is -0.287. The summed E-state index contributed by atoms with van der Waals surface area (Å²) in [6.07, 6.45) is 5.38. The summed E-state index contributed by atoms with van der Waals surface area (Å²) in [6, 6.07) is 0.948. The van der Waals surface area contributed by atoms with Crippen LogP contribution in [0.5, 0.6) is 0 Å². The average Bonchev–Trinajstić information content (AvgIpc) is 2.77. The lowest BCUT2D eigenvalue weighted by atomic mass is 9.88. The highest BCUT2D eigenvalue weighted by Crippen LogP contribution is 2.33. The fraction of sp³-hybridized carbons (Fsp3) is 0.875. The van der Waals surface area contributed by atoms with Gasteiger partial charge in [0.05, 0.1) is 0 Å². The molecule has 3 fully saturated rings. The van der Waals surface area contributed by atoms with Crippen molar-refractivity contribution in [3.05, 3.63) is 0 Å². The average molecular weight is 293 g/mol. The van der Waals surface area contributed by atoms with Crippen LogP contribution in [-0.2, 0) is 9.59 Å². The molecule has 3 rings (SSSR count). The Kier molecular flexibility index (Phi) is 4.20. The molecule has 3 saturated heterocycles. The van der Waals surface area contributed by atoms with E-state index in [1.165, 1.54) is 12.8 Å². The smallest absolute Gasteiger partial charge is 0.243 e. The molecule has 5 heteroatoms. The molecule has 118 valence electrons. The molecule has 21 heavy (non-hydrogen) atoms. The van der Waals surface area contributed by atoms with Gasteiger partial charge in [-0.3, -0.25) is 9.59 Å². The number of carbonyl (C=O) groups is 2. The molecule has 4 atom stereocenters. The minimum absolute atomic E-state index is 0.00924. The summed E-state index contributed by atoms with van der Waals surface area (Å²) in [7, 11) is 0. The zero-order valence-electron chi connectivity index (χ0n) is 13.1. The van der Waals surface area contributed by atoms with Crippen LogP contribution >= 0.6 is 0 Å². The van der Waals surface area contributed by atoms with Crippen molar-refractivity contribution in [2.24, 2.45) is 11.8 Å². The van der Waals surface area contributed by atoms with Crippen LogP contribution in [0.1, 0.15) is 46.0 Å². The van der Waals surface area contributed by atoms with E-state index in [9.17, 15) is 9.59 Å². The minimum Gasteiger partial charge on any atom is -0.353 e. The molecule has 0 radical (unpaired) electrons. The van der Waals surface area contributed by atoms with Crippen molar-refractivity contribution in [1.29, 1.82) is 0 Å². The van der Waals surface area contributed by atoms with E-state index in [4.69, 9.17) is 0 Å². The van der Waals surface area contributed by atoms with E-state index < -0.39 is 0 Å². The van der Waals surface area contributed by atoms with Gasteiger partial charge in [-0.05, 0) is 37.5 Å². The summed E-state index contributed by atoms with van der Waals surface area (Å²) in [5.74, 6) is 0.845. The van der Waals surface area contributed by atoms with Crippen LogP contribution in [0.3, 0.4) is 0 Å². The molecular weight excluding hydrogens is 266 g/mol. The number of amides is 2. The maximum atomic E-state index is 12.7. The summed E-state index contributed by atoms with van der Waals surface area (Å²) in [6.45, 7) is 5.28. The maximum Gasteiger partial charge on any atom is 0.243 e. The molecule has 2 bridgehead atoms. The van der Waals surface area contributed by atoms with E-state index in [2.05, 4.69) is 10.6 Å². The molecule has 5 nitrogen and oxygen atoms in total. The van der Waals surface area contributed by atoms with Crippen molar-refractivity contribution in [3.63, 3.8) is 0 Å². The van der Waals surface area contributed by atoms with Gasteiger partial charge in [-0.2, -0.15) is 0 Å². The van der Waals surface area contributed by atoms with Gasteiger partial charge in [-0.15, -0.1) is 0 Å². The maximum absolute atomic E-state index is 12.7. The molecule has 0 aromatic carbocycles. The fourth-order valence-electron chi connectivity index (χ4n) is 4.33. The van der Waals surface area contributed by atoms with Gasteiger partial charge >= 0.3 is 0 Å². The number of piperidine rings is 1. The predicted octanol–water partition coefficient (Wildman–Crippen LogP) is 0.890. The first-order valence-electron chi connectivity index (χ1n) is 8.38. The Balaban J connectivity index is 1.62. The third-order valence-electron chi connectivity index (χ3n) is 5.24. The van der Waals surface area contributed by atoms with Crippen LogP contribution in [0.2, 0.25) is 0 Å². The Morgan fingerprint density at radius 3 is 2.57 bits per heavy atom. The van der Waals surface area contributed by atoms with Crippen LogP contribution in [0.4, 0.5) is 0 Å². The number of rotatable bonds is 3. The normalized spacial score (nSPS) is 36.0. The quantitative estimate of drug-likeness (QED) is 0.812. The second-order valence-corrected chi connectivity index (χ2v) is 7.25. The second kappa shape index (κ2) is 5.95. The van der Waals surface area contributed by atoms with Crippen LogP contribution in [-0.4, -0.2) is 47.9 Å². The van der Waals surface area contributed by atoms with Gasteiger partial charge in [0.2, 0.25) is 11.8 Å². The van der Waals surface area contributed by atoms with E-state index in [1.54, 1.807) is 0 Å². The van der Waals surface area contributed by atoms with Crippen molar-refractivity contribution in [2.45, 2.75) is 64.1 Å². The number of fused-ring (bicyclic) bond motifs is 2. The van der Waals surface area contributed by atoms with Crippen molar-refractivity contribution in [2.75, 3.05) is 13.1 Å². The van der Waals surface area contributed by atoms with E-state index in [-0.39, 0.29) is 23.8 Å². The topological polar surface area (TPSA) is 61.4 Å². The Bertz CT molecular complexity index is 412. The third-order valence-corrected chi connectivity index (χ3v) is 5.24. The van der Waals surface area contributed by atoms with E-state index >= 15 is 0 Å². The predicted molar refractivity (Wildman–Crippen MR) is 80.6 cm³/mol. The van der Waals surface area contributed by atoms with Gasteiger partial charge in [0.25, 0.3) is 0 Å². The molecule has 2 amide bonds. The van der Waals surface area contributed by atoms with Crippen LogP contribution < -0.4 is 10.6 Å². The molecule has 1 unspecified atom stereocenters. The van der Waals surface area contributed by atoms with E-state index in [1.807, 2.05) is 18.7 Å². The SMILES string of the molecule is CC(C)[C@H]1C(=O)NCCN1C(=O)CC1C[C@H]2CC[C@@H](C1)N2. The first-order chi connectivity index (χ1) is 10.0. The highest BCUT2D eigenvalue weighted by molar-refractivity contribution is 5.89. The van der Waals surface area contributed by atoms with E-state index in [0.29, 0.717) is 37.5 Å². The Hall–Kier alpha value is -1.10. The molecule has 0 aromatic rings. The highest BCUT2D eigenvalue weighted by Gasteiger charge is 2.38. The Labute approximate surface area is 126 Å². The van der Waals surface area contributed by atoms with Crippen molar-refractivity contribution in [1.82, 2.24) is 15.5 Å². The first kappa shape index (κ1) is 14.8. The molecule has 0 spiro atoms. The van der Waals surface area contributed by atoms with Crippen LogP contribution in [0.25, 0.3) is 0 Å². The summed E-state index contributed by atoms with van der Waals surface area (Å²) in [5, 5.41) is 6.50. The highest BCUT2D eigenvalue weighted by atomic mass is 16.2. The van der Waals surface area contributed by atoms with Gasteiger partial charge in [-0.25, -0.2) is 0 Å². The molecule has 2 N–H and O–H groups in total. The number of piperazine rings is 1. The van der Waals surface area contributed by atoms with Crippen molar-refractivity contribution < 1.29 is 9.59 Å². The molecule has 0 saturated carbocycles. The molecule has 3 aliphatic heterocycles. The third kappa shape index (κ3) is 3.07. The fourth-order valence-corrected chi connectivity index (χ4v) is 4.33. The monoisotopic (exact) mass is 293 g/mol. The number of nitrogens with zero attached hydrogens (tertiary/aromatic N) is 1. The van der Waals surface area contributed by atoms with Gasteiger partial charge < -0.3 is 15.5 Å². The number of carbonyl (C=O) groups excluding carboxylic acids is 2. The Morgan fingerprint density at radius 1 is 1.29 bits per heavy atom. The molecular formula is C16H27N3O2. The van der Waals surface area contributed by atoms with Crippen LogP contribution in [0.15, 0.2) is 0 Å². The zero-order chi connectivity index (χ0) is 15.0. The molecule has 3 heterocycles. The Morgan fingerprint density at radius 2 is 1.95 bits per heavy atom. The lowest BCUT2D eigenvalue weighted by molar-refractivity contribution is -0.145. The van der Waals surface area contributed by atoms with Gasteiger partial charge in [0.15, 0.2) is 0 Å². The number of hydrogen-bond acceptors (Lipinski definition) is 3. The van der Waals surface area contributed by atoms with Crippen molar-refractivity contribution in [3.8, 4) is 0 Å². The molecule has 0 aromatic heterocycles. The summed E-state index contributed by atoms with van der Waals surface area (Å²) in [5.41, 5.74) is 0.